The summed E-state index contributed by atoms with van der Waals surface area (Å²) in [5.41, 5.74) is 1.25. The molecular weight excluding hydrogens is 414 g/mol. The molecule has 0 unspecified atom stereocenters. The average molecular weight is 443 g/mol. The fraction of sp³-hybridized carbons (Fsp3) is 0.333. The smallest absolute Gasteiger partial charge is 0.412 e. The van der Waals surface area contributed by atoms with Crippen molar-refractivity contribution in [3.63, 3.8) is 0 Å². The molecule has 8 heteroatoms. The SMILES string of the molecule is CCO[C@@H](CC/C=C/C(=O)O)[C@@H](OC(=O)Nc1ccccc1)c1cccc(OCCO)c1. The lowest BCUT2D eigenvalue weighted by atomic mass is 10.00. The van der Waals surface area contributed by atoms with Crippen LogP contribution in [-0.2, 0) is 14.3 Å². The Balaban J connectivity index is 2.24. The monoisotopic (exact) mass is 443 g/mol. The summed E-state index contributed by atoms with van der Waals surface area (Å²) in [5.74, 6) is -0.503. The molecule has 2 atom stereocenters. The highest BCUT2D eigenvalue weighted by Gasteiger charge is 2.28. The number of nitrogens with one attached hydrogen (secondary N) is 1. The largest absolute Gasteiger partial charge is 0.491 e. The van der Waals surface area contributed by atoms with Crippen molar-refractivity contribution in [3.05, 3.63) is 72.3 Å². The molecule has 0 saturated heterocycles. The number of hydrogen-bond donors (Lipinski definition) is 3. The van der Waals surface area contributed by atoms with Gasteiger partial charge in [0.1, 0.15) is 12.4 Å². The second kappa shape index (κ2) is 13.8. The van der Waals surface area contributed by atoms with Crippen molar-refractivity contribution in [2.24, 2.45) is 0 Å². The molecule has 8 nitrogen and oxygen atoms in total. The van der Waals surface area contributed by atoms with Crippen LogP contribution in [0.5, 0.6) is 5.75 Å². The minimum atomic E-state index is -1.03. The fourth-order valence-corrected chi connectivity index (χ4v) is 3.07. The molecule has 2 aromatic rings. The normalized spacial score (nSPS) is 12.8. The number of para-hydroxylation sites is 1. The lowest BCUT2D eigenvalue weighted by molar-refractivity contribution is -0.131. The number of anilines is 1. The van der Waals surface area contributed by atoms with E-state index in [9.17, 15) is 9.59 Å². The first kappa shape index (κ1) is 24.9. The Hall–Kier alpha value is -3.36. The summed E-state index contributed by atoms with van der Waals surface area (Å²) in [6, 6.07) is 16.0. The molecule has 3 N–H and O–H groups in total. The van der Waals surface area contributed by atoms with Gasteiger partial charge in [0.2, 0.25) is 0 Å². The summed E-state index contributed by atoms with van der Waals surface area (Å²) in [6.07, 6.45) is 1.54. The van der Waals surface area contributed by atoms with Crippen LogP contribution < -0.4 is 10.1 Å². The van der Waals surface area contributed by atoms with Crippen molar-refractivity contribution in [2.45, 2.75) is 32.0 Å². The van der Waals surface area contributed by atoms with Crippen LogP contribution in [0.1, 0.15) is 31.4 Å². The van der Waals surface area contributed by atoms with Gasteiger partial charge in [0.25, 0.3) is 0 Å². The Bertz CT molecular complexity index is 870. The van der Waals surface area contributed by atoms with E-state index in [4.69, 9.17) is 24.4 Å². The van der Waals surface area contributed by atoms with E-state index in [-0.39, 0.29) is 13.2 Å². The van der Waals surface area contributed by atoms with Crippen molar-refractivity contribution >= 4 is 17.7 Å². The molecule has 0 saturated carbocycles. The second-order valence-electron chi connectivity index (χ2n) is 6.77. The zero-order valence-corrected chi connectivity index (χ0v) is 18.0. The van der Waals surface area contributed by atoms with Crippen LogP contribution in [0.2, 0.25) is 0 Å². The van der Waals surface area contributed by atoms with Gasteiger partial charge < -0.3 is 24.4 Å². The molecule has 2 rings (SSSR count). The van der Waals surface area contributed by atoms with Gasteiger partial charge >= 0.3 is 12.1 Å². The number of aliphatic hydroxyl groups is 1. The Morgan fingerprint density at radius 1 is 1.12 bits per heavy atom. The fourth-order valence-electron chi connectivity index (χ4n) is 3.07. The highest BCUT2D eigenvalue weighted by molar-refractivity contribution is 5.84. The molecule has 0 spiro atoms. The summed E-state index contributed by atoms with van der Waals surface area (Å²) in [4.78, 5) is 23.4. The molecule has 0 radical (unpaired) electrons. The topological polar surface area (TPSA) is 114 Å². The van der Waals surface area contributed by atoms with E-state index in [0.717, 1.165) is 6.08 Å². The van der Waals surface area contributed by atoms with Gasteiger partial charge in [-0.15, -0.1) is 0 Å². The third-order valence-corrected chi connectivity index (χ3v) is 4.40. The molecule has 0 aliphatic carbocycles. The number of ether oxygens (including phenoxy) is 3. The molecule has 32 heavy (non-hydrogen) atoms. The minimum absolute atomic E-state index is 0.124. The predicted octanol–water partition coefficient (Wildman–Crippen LogP) is 4.17. The maximum Gasteiger partial charge on any atom is 0.412 e. The van der Waals surface area contributed by atoms with Crippen LogP contribution in [0.15, 0.2) is 66.7 Å². The molecule has 0 bridgehead atoms. The average Bonchev–Trinajstić information content (AvgIpc) is 2.79. The van der Waals surface area contributed by atoms with Gasteiger partial charge in [0.05, 0.1) is 12.7 Å². The van der Waals surface area contributed by atoms with E-state index < -0.39 is 24.3 Å². The first-order valence-electron chi connectivity index (χ1n) is 10.4. The van der Waals surface area contributed by atoms with E-state index in [0.29, 0.717) is 36.4 Å². The predicted molar refractivity (Wildman–Crippen MR) is 120 cm³/mol. The number of amides is 1. The van der Waals surface area contributed by atoms with Crippen molar-refractivity contribution < 1.29 is 34.0 Å². The van der Waals surface area contributed by atoms with Crippen LogP contribution >= 0.6 is 0 Å². The van der Waals surface area contributed by atoms with Gasteiger partial charge in [0, 0.05) is 18.4 Å². The van der Waals surface area contributed by atoms with Gasteiger partial charge in [-0.05, 0) is 49.6 Å². The Labute approximate surface area is 187 Å². The van der Waals surface area contributed by atoms with E-state index >= 15 is 0 Å². The lowest BCUT2D eigenvalue weighted by Crippen LogP contribution is -2.29. The molecule has 0 aliphatic rings. The van der Waals surface area contributed by atoms with E-state index in [1.807, 2.05) is 13.0 Å². The first-order valence-corrected chi connectivity index (χ1v) is 10.4. The highest BCUT2D eigenvalue weighted by atomic mass is 16.6. The number of carboxylic acids is 1. The van der Waals surface area contributed by atoms with Crippen LogP contribution in [0.4, 0.5) is 10.5 Å². The number of aliphatic carboxylic acids is 1. The number of carbonyl (C=O) groups excluding carboxylic acids is 1. The van der Waals surface area contributed by atoms with Crippen molar-refractivity contribution in [3.8, 4) is 5.75 Å². The number of carboxylic acid groups (broad SMARTS) is 1. The zero-order valence-electron chi connectivity index (χ0n) is 18.0. The first-order chi connectivity index (χ1) is 15.5. The number of carbonyl (C=O) groups is 2. The Morgan fingerprint density at radius 2 is 1.91 bits per heavy atom. The van der Waals surface area contributed by atoms with Gasteiger partial charge in [-0.25, -0.2) is 9.59 Å². The van der Waals surface area contributed by atoms with Gasteiger partial charge in [-0.3, -0.25) is 5.32 Å². The van der Waals surface area contributed by atoms with Crippen molar-refractivity contribution in [2.75, 3.05) is 25.1 Å². The quantitative estimate of drug-likeness (QED) is 0.398. The standard InChI is InChI=1S/C24H29NO7/c1-2-30-21(13-6-7-14-22(27)28)23(18-9-8-12-20(17-18)31-16-15-26)32-24(29)25-19-10-4-3-5-11-19/h3-5,7-12,14,17,21,23,26H,2,6,13,15-16H2,1H3,(H,25,29)(H,27,28)/b14-7+/t21-,23-/m0/s1. The molecular formula is C24H29NO7. The van der Waals surface area contributed by atoms with Crippen LogP contribution in [0, 0.1) is 0 Å². The zero-order chi connectivity index (χ0) is 23.2. The summed E-state index contributed by atoms with van der Waals surface area (Å²) in [7, 11) is 0. The van der Waals surface area contributed by atoms with E-state index in [2.05, 4.69) is 5.32 Å². The van der Waals surface area contributed by atoms with Gasteiger partial charge in [-0.2, -0.15) is 0 Å². The Kier molecular flexibility index (Phi) is 10.8. The van der Waals surface area contributed by atoms with Gasteiger partial charge in [-0.1, -0.05) is 36.4 Å². The number of rotatable bonds is 13. The molecule has 0 heterocycles. The molecule has 2 aromatic carbocycles. The molecule has 172 valence electrons. The number of aliphatic hydroxyl groups excluding tert-OH is 1. The Morgan fingerprint density at radius 3 is 2.59 bits per heavy atom. The minimum Gasteiger partial charge on any atom is -0.491 e. The van der Waals surface area contributed by atoms with Crippen LogP contribution in [-0.4, -0.2) is 48.2 Å². The van der Waals surface area contributed by atoms with Crippen molar-refractivity contribution in [1.82, 2.24) is 0 Å². The highest BCUT2D eigenvalue weighted by Crippen LogP contribution is 2.30. The maximum atomic E-state index is 12.6. The summed E-state index contributed by atoms with van der Waals surface area (Å²) in [6.45, 7) is 2.23. The van der Waals surface area contributed by atoms with E-state index in [1.54, 1.807) is 48.5 Å². The number of benzene rings is 2. The molecule has 1 amide bonds. The summed E-state index contributed by atoms with van der Waals surface area (Å²) < 4.78 is 17.1. The summed E-state index contributed by atoms with van der Waals surface area (Å²) in [5, 5.41) is 20.5. The summed E-state index contributed by atoms with van der Waals surface area (Å²) >= 11 is 0. The molecule has 0 aliphatic heterocycles. The molecule has 0 fully saturated rings. The van der Waals surface area contributed by atoms with Gasteiger partial charge in [0.15, 0.2) is 6.10 Å². The molecule has 0 aromatic heterocycles. The van der Waals surface area contributed by atoms with E-state index in [1.165, 1.54) is 6.08 Å². The maximum absolute atomic E-state index is 12.6. The third kappa shape index (κ3) is 8.79. The second-order valence-corrected chi connectivity index (χ2v) is 6.77. The van der Waals surface area contributed by atoms with Crippen molar-refractivity contribution in [1.29, 1.82) is 0 Å². The van der Waals surface area contributed by atoms with Crippen LogP contribution in [0.3, 0.4) is 0 Å². The third-order valence-electron chi connectivity index (χ3n) is 4.40. The number of hydrogen-bond acceptors (Lipinski definition) is 6. The lowest BCUT2D eigenvalue weighted by Gasteiger charge is -2.27. The number of allylic oxidation sites excluding steroid dienone is 1. The van der Waals surface area contributed by atoms with Crippen LogP contribution in [0.25, 0.3) is 0 Å².